The van der Waals surface area contributed by atoms with Gasteiger partial charge in [0.05, 0.1) is 0 Å². The molecule has 0 spiro atoms. The lowest BCUT2D eigenvalue weighted by Gasteiger charge is -2.29. The maximum absolute atomic E-state index is 12.1. The average Bonchev–Trinajstić information content (AvgIpc) is 3.35. The number of pyridine rings is 1. The zero-order valence-electron chi connectivity index (χ0n) is 13.6. The van der Waals surface area contributed by atoms with Crippen LogP contribution in [0.5, 0.6) is 0 Å². The van der Waals surface area contributed by atoms with Gasteiger partial charge in [-0.05, 0) is 60.6 Å². The van der Waals surface area contributed by atoms with Gasteiger partial charge in [0.25, 0.3) is 5.56 Å². The fraction of sp³-hybridized carbons (Fsp3) is 0.421. The van der Waals surface area contributed by atoms with Crippen molar-refractivity contribution in [2.45, 2.75) is 25.8 Å². The maximum atomic E-state index is 12.1. The van der Waals surface area contributed by atoms with Crippen LogP contribution in [0, 0.1) is 5.92 Å². The lowest BCUT2D eigenvalue weighted by molar-refractivity contribution is 0.244. The number of hydrogen-bond acceptors (Lipinski definition) is 3. The standard InChI is InChI=1S/C19H23N3O/c1-21-9-2-3-18(19(21)23)20-17-7-6-15-8-10-22(12-14-4-5-14)13-16(15)11-17/h2-3,6-7,9,11,14,20H,4-5,8,10,12-13H2,1H3. The molecule has 0 radical (unpaired) electrons. The largest absolute Gasteiger partial charge is 0.351 e. The Bertz CT molecular complexity index is 776. The van der Waals surface area contributed by atoms with Crippen LogP contribution in [0.1, 0.15) is 24.0 Å². The molecule has 1 aromatic carbocycles. The number of aryl methyl sites for hydroxylation is 1. The Hall–Kier alpha value is -2.07. The molecule has 1 aliphatic heterocycles. The predicted molar refractivity (Wildman–Crippen MR) is 93.1 cm³/mol. The second kappa shape index (κ2) is 5.85. The topological polar surface area (TPSA) is 37.3 Å². The van der Waals surface area contributed by atoms with Gasteiger partial charge in [-0.1, -0.05) is 6.07 Å². The summed E-state index contributed by atoms with van der Waals surface area (Å²) in [7, 11) is 1.77. The molecule has 1 saturated carbocycles. The van der Waals surface area contributed by atoms with Gasteiger partial charge in [-0.25, -0.2) is 0 Å². The van der Waals surface area contributed by atoms with Crippen molar-refractivity contribution in [3.05, 3.63) is 58.0 Å². The van der Waals surface area contributed by atoms with E-state index >= 15 is 0 Å². The minimum absolute atomic E-state index is 0.000538. The number of aromatic nitrogens is 1. The summed E-state index contributed by atoms with van der Waals surface area (Å²) in [5, 5.41) is 3.28. The zero-order valence-corrected chi connectivity index (χ0v) is 13.6. The molecule has 2 heterocycles. The van der Waals surface area contributed by atoms with Gasteiger partial charge in [-0.3, -0.25) is 9.69 Å². The molecule has 23 heavy (non-hydrogen) atoms. The third-order valence-electron chi connectivity index (χ3n) is 4.91. The predicted octanol–water partition coefficient (Wildman–Crippen LogP) is 2.90. The molecule has 1 aliphatic carbocycles. The van der Waals surface area contributed by atoms with E-state index in [1.54, 1.807) is 17.8 Å². The van der Waals surface area contributed by atoms with Crippen LogP contribution in [0.25, 0.3) is 0 Å². The van der Waals surface area contributed by atoms with Gasteiger partial charge in [0.2, 0.25) is 0 Å². The number of anilines is 2. The van der Waals surface area contributed by atoms with E-state index in [9.17, 15) is 4.79 Å². The normalized spacial score (nSPS) is 17.8. The van der Waals surface area contributed by atoms with Gasteiger partial charge in [-0.15, -0.1) is 0 Å². The van der Waals surface area contributed by atoms with Crippen molar-refractivity contribution in [1.82, 2.24) is 9.47 Å². The third kappa shape index (κ3) is 3.17. The van der Waals surface area contributed by atoms with Crippen molar-refractivity contribution in [2.75, 3.05) is 18.4 Å². The lowest BCUT2D eigenvalue weighted by Crippen LogP contribution is -2.32. The van der Waals surface area contributed by atoms with Crippen molar-refractivity contribution in [3.8, 4) is 0 Å². The van der Waals surface area contributed by atoms with E-state index in [0.717, 1.165) is 24.6 Å². The molecular formula is C19H23N3O. The van der Waals surface area contributed by atoms with E-state index < -0.39 is 0 Å². The zero-order chi connectivity index (χ0) is 15.8. The Kier molecular flexibility index (Phi) is 3.69. The summed E-state index contributed by atoms with van der Waals surface area (Å²) in [6, 6.07) is 10.2. The monoisotopic (exact) mass is 309 g/mol. The van der Waals surface area contributed by atoms with E-state index in [1.807, 2.05) is 12.1 Å². The van der Waals surface area contributed by atoms with Crippen molar-refractivity contribution in [2.24, 2.45) is 13.0 Å². The van der Waals surface area contributed by atoms with Gasteiger partial charge >= 0.3 is 0 Å². The molecule has 4 heteroatoms. The molecule has 0 unspecified atom stereocenters. The van der Waals surface area contributed by atoms with Gasteiger partial charge in [0.1, 0.15) is 5.69 Å². The molecule has 1 N–H and O–H groups in total. The summed E-state index contributed by atoms with van der Waals surface area (Å²) in [5.74, 6) is 0.935. The van der Waals surface area contributed by atoms with Gasteiger partial charge < -0.3 is 9.88 Å². The molecule has 1 fully saturated rings. The molecule has 0 bridgehead atoms. The first kappa shape index (κ1) is 14.5. The van der Waals surface area contributed by atoms with E-state index in [0.29, 0.717) is 5.69 Å². The van der Waals surface area contributed by atoms with Crippen LogP contribution in [0.15, 0.2) is 41.3 Å². The van der Waals surface area contributed by atoms with Crippen LogP contribution in [-0.4, -0.2) is 22.6 Å². The fourth-order valence-electron chi connectivity index (χ4n) is 3.36. The Morgan fingerprint density at radius 2 is 2.09 bits per heavy atom. The summed E-state index contributed by atoms with van der Waals surface area (Å²) >= 11 is 0. The summed E-state index contributed by atoms with van der Waals surface area (Å²) in [6.07, 6.45) is 5.72. The number of nitrogens with zero attached hydrogens (tertiary/aromatic N) is 2. The highest BCUT2D eigenvalue weighted by Gasteiger charge is 2.26. The quantitative estimate of drug-likeness (QED) is 0.943. The molecule has 4 rings (SSSR count). The van der Waals surface area contributed by atoms with E-state index in [1.165, 1.54) is 37.1 Å². The summed E-state index contributed by atoms with van der Waals surface area (Å²) in [4.78, 5) is 14.7. The SMILES string of the molecule is Cn1cccc(Nc2ccc3c(c2)CN(CC2CC2)CC3)c1=O. The Balaban J connectivity index is 1.54. The van der Waals surface area contributed by atoms with E-state index in [4.69, 9.17) is 0 Å². The van der Waals surface area contributed by atoms with Crippen LogP contribution < -0.4 is 10.9 Å². The second-order valence-electron chi connectivity index (χ2n) is 6.87. The highest BCUT2D eigenvalue weighted by Crippen LogP contribution is 2.32. The van der Waals surface area contributed by atoms with Crippen molar-refractivity contribution < 1.29 is 0 Å². The first-order valence-electron chi connectivity index (χ1n) is 8.46. The third-order valence-corrected chi connectivity index (χ3v) is 4.91. The minimum atomic E-state index is 0.000538. The molecule has 2 aliphatic rings. The van der Waals surface area contributed by atoms with Gasteiger partial charge in [0, 0.05) is 38.6 Å². The Morgan fingerprint density at radius 1 is 1.22 bits per heavy atom. The van der Waals surface area contributed by atoms with Gasteiger partial charge in [0.15, 0.2) is 0 Å². The lowest BCUT2D eigenvalue weighted by atomic mass is 9.99. The van der Waals surface area contributed by atoms with Crippen molar-refractivity contribution in [3.63, 3.8) is 0 Å². The highest BCUT2D eigenvalue weighted by molar-refractivity contribution is 5.60. The smallest absolute Gasteiger partial charge is 0.273 e. The van der Waals surface area contributed by atoms with E-state index in [2.05, 4.69) is 28.4 Å². The van der Waals surface area contributed by atoms with Crippen molar-refractivity contribution >= 4 is 11.4 Å². The highest BCUT2D eigenvalue weighted by atomic mass is 16.1. The van der Waals surface area contributed by atoms with Crippen LogP contribution in [0.2, 0.25) is 0 Å². The molecular weight excluding hydrogens is 286 g/mol. The Labute approximate surface area is 136 Å². The fourth-order valence-corrected chi connectivity index (χ4v) is 3.36. The van der Waals surface area contributed by atoms with Crippen molar-refractivity contribution in [1.29, 1.82) is 0 Å². The van der Waals surface area contributed by atoms with Crippen LogP contribution in [0.4, 0.5) is 11.4 Å². The second-order valence-corrected chi connectivity index (χ2v) is 6.87. The first-order chi connectivity index (χ1) is 11.2. The molecule has 0 amide bonds. The molecule has 1 aromatic heterocycles. The van der Waals surface area contributed by atoms with Gasteiger partial charge in [-0.2, -0.15) is 0 Å². The molecule has 120 valence electrons. The molecule has 0 atom stereocenters. The number of benzene rings is 1. The molecule has 0 saturated heterocycles. The molecule has 4 nitrogen and oxygen atoms in total. The summed E-state index contributed by atoms with van der Waals surface area (Å²) in [6.45, 7) is 3.46. The minimum Gasteiger partial charge on any atom is -0.351 e. The Morgan fingerprint density at radius 3 is 2.91 bits per heavy atom. The maximum Gasteiger partial charge on any atom is 0.273 e. The first-order valence-corrected chi connectivity index (χ1v) is 8.46. The number of hydrogen-bond donors (Lipinski definition) is 1. The van der Waals surface area contributed by atoms with E-state index in [-0.39, 0.29) is 5.56 Å². The summed E-state index contributed by atoms with van der Waals surface area (Å²) < 4.78 is 1.60. The molecule has 2 aromatic rings. The number of fused-ring (bicyclic) bond motifs is 1. The van der Waals surface area contributed by atoms with Crippen LogP contribution in [0.3, 0.4) is 0 Å². The number of nitrogens with one attached hydrogen (secondary N) is 1. The summed E-state index contributed by atoms with van der Waals surface area (Å²) in [5.41, 5.74) is 4.47. The number of rotatable bonds is 4. The average molecular weight is 309 g/mol. The van der Waals surface area contributed by atoms with Crippen LogP contribution >= 0.6 is 0 Å². The van der Waals surface area contributed by atoms with Crippen LogP contribution in [-0.2, 0) is 20.0 Å².